The quantitative estimate of drug-likeness (QED) is 0.406. The maximum Gasteiger partial charge on any atom is 0.193 e. The van der Waals surface area contributed by atoms with E-state index in [1.165, 1.54) is 12.0 Å². The van der Waals surface area contributed by atoms with Gasteiger partial charge in [0.1, 0.15) is 0 Å². The van der Waals surface area contributed by atoms with Crippen molar-refractivity contribution in [1.82, 2.24) is 0 Å². The van der Waals surface area contributed by atoms with E-state index in [-0.39, 0.29) is 29.4 Å². The van der Waals surface area contributed by atoms with Crippen molar-refractivity contribution in [2.75, 3.05) is 11.9 Å². The maximum atomic E-state index is 6.01. The van der Waals surface area contributed by atoms with E-state index < -0.39 is 0 Å². The lowest BCUT2D eigenvalue weighted by molar-refractivity contribution is 0.254. The van der Waals surface area contributed by atoms with Crippen LogP contribution >= 0.6 is 35.6 Å². The van der Waals surface area contributed by atoms with Gasteiger partial charge in [0.05, 0.1) is 6.54 Å². The van der Waals surface area contributed by atoms with Gasteiger partial charge in [-0.1, -0.05) is 48.4 Å². The molecule has 1 aliphatic rings. The van der Waals surface area contributed by atoms with E-state index in [9.17, 15) is 0 Å². The van der Waals surface area contributed by atoms with Crippen molar-refractivity contribution >= 4 is 47.2 Å². The Hall–Kier alpha value is -1.27. The molecule has 3 N–H and O–H groups in total. The van der Waals surface area contributed by atoms with Crippen molar-refractivity contribution in [1.29, 1.82) is 0 Å². The van der Waals surface area contributed by atoms with Gasteiger partial charge in [0.25, 0.3) is 0 Å². The molecule has 0 aromatic heterocycles. The molecular weight excluding hydrogens is 421 g/mol. The Morgan fingerprint density at radius 2 is 1.74 bits per heavy atom. The topological polar surface area (TPSA) is 50.4 Å². The highest BCUT2D eigenvalue weighted by atomic mass is 127. The van der Waals surface area contributed by atoms with Crippen LogP contribution in [0.25, 0.3) is 0 Å². The molecule has 0 saturated heterocycles. The van der Waals surface area contributed by atoms with Crippen LogP contribution in [0.3, 0.4) is 0 Å². The van der Waals surface area contributed by atoms with Crippen LogP contribution in [0, 0.1) is 0 Å². The van der Waals surface area contributed by atoms with Crippen molar-refractivity contribution in [2.24, 2.45) is 10.7 Å². The van der Waals surface area contributed by atoms with E-state index in [0.29, 0.717) is 12.5 Å². The Labute approximate surface area is 159 Å². The highest BCUT2D eigenvalue weighted by molar-refractivity contribution is 14.0. The van der Waals surface area contributed by atoms with Crippen molar-refractivity contribution in [3.63, 3.8) is 0 Å². The van der Waals surface area contributed by atoms with Crippen LogP contribution in [0.4, 0.5) is 5.69 Å². The minimum atomic E-state index is 0. The van der Waals surface area contributed by atoms with Gasteiger partial charge in [-0.3, -0.25) is 4.99 Å². The van der Waals surface area contributed by atoms with Crippen molar-refractivity contribution in [3.05, 3.63) is 65.2 Å². The van der Waals surface area contributed by atoms with Gasteiger partial charge in [-0.25, -0.2) is 0 Å². The second-order valence-corrected chi connectivity index (χ2v) is 6.27. The summed E-state index contributed by atoms with van der Waals surface area (Å²) in [5.74, 6) is 0.464. The molecule has 3 rings (SSSR count). The number of nitrogens with zero attached hydrogens (tertiary/aromatic N) is 1. The number of para-hydroxylation sites is 1. The Morgan fingerprint density at radius 3 is 2.30 bits per heavy atom. The molecule has 3 nitrogen and oxygen atoms in total. The Kier molecular flexibility index (Phi) is 6.30. The van der Waals surface area contributed by atoms with Crippen LogP contribution in [-0.4, -0.2) is 12.5 Å². The number of anilines is 1. The molecule has 0 aliphatic heterocycles. The van der Waals surface area contributed by atoms with Gasteiger partial charge in [0.2, 0.25) is 0 Å². The Bertz CT molecular complexity index is 652. The number of nitrogens with two attached hydrogens (primary N) is 1. The molecule has 0 spiro atoms. The third-order valence-electron chi connectivity index (χ3n) is 4.37. The summed E-state index contributed by atoms with van der Waals surface area (Å²) in [6, 6.07) is 18.0. The summed E-state index contributed by atoms with van der Waals surface area (Å²) in [4.78, 5) is 4.56. The van der Waals surface area contributed by atoms with Gasteiger partial charge in [-0.05, 0) is 42.7 Å². The Balaban J connectivity index is 0.00000192. The van der Waals surface area contributed by atoms with Gasteiger partial charge < -0.3 is 11.1 Å². The number of benzene rings is 2. The zero-order valence-corrected chi connectivity index (χ0v) is 15.9. The highest BCUT2D eigenvalue weighted by Crippen LogP contribution is 2.44. The summed E-state index contributed by atoms with van der Waals surface area (Å²) < 4.78 is 0. The van der Waals surface area contributed by atoms with Crippen LogP contribution in [0.2, 0.25) is 5.02 Å². The number of nitrogens with one attached hydrogen (secondary N) is 1. The molecule has 1 fully saturated rings. The van der Waals surface area contributed by atoms with Crippen LogP contribution in [0.15, 0.2) is 59.6 Å². The van der Waals surface area contributed by atoms with Gasteiger partial charge in [-0.15, -0.1) is 24.0 Å². The maximum absolute atomic E-state index is 6.01. The van der Waals surface area contributed by atoms with Gasteiger partial charge in [0.15, 0.2) is 5.96 Å². The first-order valence-corrected chi connectivity index (χ1v) is 7.94. The molecule has 2 aromatic carbocycles. The van der Waals surface area contributed by atoms with E-state index in [0.717, 1.165) is 23.6 Å². The SMILES string of the molecule is I.NC(=NCC1(c2ccc(Cl)cc2)CCC1)Nc1ccccc1. The third-order valence-corrected chi connectivity index (χ3v) is 4.62. The molecule has 5 heteroatoms. The van der Waals surface area contributed by atoms with Crippen molar-refractivity contribution < 1.29 is 0 Å². The number of halogens is 2. The van der Waals surface area contributed by atoms with E-state index in [1.807, 2.05) is 42.5 Å². The average Bonchev–Trinajstić information content (AvgIpc) is 2.49. The number of rotatable bonds is 4. The predicted molar refractivity (Wildman–Crippen MR) is 109 cm³/mol. The molecule has 0 atom stereocenters. The van der Waals surface area contributed by atoms with Crippen LogP contribution in [0.1, 0.15) is 24.8 Å². The van der Waals surface area contributed by atoms with Gasteiger partial charge >= 0.3 is 0 Å². The zero-order chi connectivity index (χ0) is 15.4. The average molecular weight is 442 g/mol. The predicted octanol–water partition coefficient (Wildman–Crippen LogP) is 4.81. The first-order chi connectivity index (χ1) is 10.7. The fraction of sp³-hybridized carbons (Fsp3) is 0.278. The fourth-order valence-corrected chi connectivity index (χ4v) is 3.02. The van der Waals surface area contributed by atoms with Crippen molar-refractivity contribution in [2.45, 2.75) is 24.7 Å². The van der Waals surface area contributed by atoms with E-state index in [2.05, 4.69) is 22.4 Å². The van der Waals surface area contributed by atoms with Gasteiger partial charge in [-0.2, -0.15) is 0 Å². The molecule has 2 aromatic rings. The lowest BCUT2D eigenvalue weighted by Gasteiger charge is -2.41. The van der Waals surface area contributed by atoms with E-state index >= 15 is 0 Å². The molecule has 0 unspecified atom stereocenters. The van der Waals surface area contributed by atoms with Gasteiger partial charge in [0, 0.05) is 16.1 Å². The molecule has 0 amide bonds. The molecule has 1 saturated carbocycles. The molecular formula is C18H21ClIN3. The number of aliphatic imine (C=N–C) groups is 1. The number of guanidine groups is 1. The normalized spacial score (nSPS) is 16.1. The summed E-state index contributed by atoms with van der Waals surface area (Å²) >= 11 is 5.98. The molecule has 0 radical (unpaired) electrons. The zero-order valence-electron chi connectivity index (χ0n) is 12.8. The molecule has 0 heterocycles. The molecule has 0 bridgehead atoms. The summed E-state index contributed by atoms with van der Waals surface area (Å²) in [5.41, 5.74) is 8.39. The fourth-order valence-electron chi connectivity index (χ4n) is 2.89. The second-order valence-electron chi connectivity index (χ2n) is 5.83. The van der Waals surface area contributed by atoms with Crippen molar-refractivity contribution in [3.8, 4) is 0 Å². The standard InChI is InChI=1S/C18H20ClN3.HI/c19-15-9-7-14(8-10-15)18(11-4-12-18)13-21-17(20)22-16-5-2-1-3-6-16;/h1-3,5-10H,4,11-13H2,(H3,20,21,22);1H. The second kappa shape index (κ2) is 8.02. The minimum absolute atomic E-state index is 0. The smallest absolute Gasteiger partial charge is 0.193 e. The largest absolute Gasteiger partial charge is 0.370 e. The Morgan fingerprint density at radius 1 is 1.09 bits per heavy atom. The van der Waals surface area contributed by atoms with Crippen LogP contribution in [-0.2, 0) is 5.41 Å². The van der Waals surface area contributed by atoms with E-state index in [4.69, 9.17) is 17.3 Å². The van der Waals surface area contributed by atoms with Crippen LogP contribution < -0.4 is 11.1 Å². The first kappa shape index (κ1) is 18.1. The minimum Gasteiger partial charge on any atom is -0.370 e. The molecule has 122 valence electrons. The third kappa shape index (κ3) is 4.38. The first-order valence-electron chi connectivity index (χ1n) is 7.56. The number of hydrogen-bond donors (Lipinski definition) is 2. The summed E-state index contributed by atoms with van der Waals surface area (Å²) in [5, 5.41) is 3.90. The lowest BCUT2D eigenvalue weighted by Crippen LogP contribution is -2.38. The van der Waals surface area contributed by atoms with E-state index in [1.54, 1.807) is 0 Å². The molecule has 23 heavy (non-hydrogen) atoms. The highest BCUT2D eigenvalue weighted by Gasteiger charge is 2.38. The summed E-state index contributed by atoms with van der Waals surface area (Å²) in [6.45, 7) is 0.709. The number of hydrogen-bond acceptors (Lipinski definition) is 1. The summed E-state index contributed by atoms with van der Waals surface area (Å²) in [6.07, 6.45) is 3.54. The lowest BCUT2D eigenvalue weighted by atomic mass is 9.64. The monoisotopic (exact) mass is 441 g/mol. The van der Waals surface area contributed by atoms with Crippen LogP contribution in [0.5, 0.6) is 0 Å². The summed E-state index contributed by atoms with van der Waals surface area (Å²) in [7, 11) is 0. The molecule has 1 aliphatic carbocycles.